The first kappa shape index (κ1) is 13.6. The Balaban J connectivity index is 1.99. The van der Waals surface area contributed by atoms with Gasteiger partial charge in [-0.15, -0.1) is 0 Å². The van der Waals surface area contributed by atoms with E-state index in [2.05, 4.69) is 5.32 Å². The van der Waals surface area contributed by atoms with E-state index in [1.165, 1.54) is 4.90 Å². The number of hydrogen-bond acceptors (Lipinski definition) is 4. The predicted molar refractivity (Wildman–Crippen MR) is 63.3 cm³/mol. The molecule has 2 fully saturated rings. The largest absolute Gasteiger partial charge is 0.480 e. The molecule has 0 bridgehead atoms. The van der Waals surface area contributed by atoms with Crippen molar-refractivity contribution < 1.29 is 24.6 Å². The molecule has 106 valence electrons. The van der Waals surface area contributed by atoms with E-state index in [1.807, 2.05) is 0 Å². The Morgan fingerprint density at radius 3 is 2.63 bits per heavy atom. The van der Waals surface area contributed by atoms with Gasteiger partial charge in [-0.1, -0.05) is 0 Å². The molecule has 3 amide bonds. The van der Waals surface area contributed by atoms with Gasteiger partial charge in [0, 0.05) is 26.6 Å². The van der Waals surface area contributed by atoms with Crippen LogP contribution in [-0.2, 0) is 9.59 Å². The molecule has 0 saturated carbocycles. The number of aliphatic hydroxyl groups excluding tert-OH is 1. The second-order valence-electron chi connectivity index (χ2n) is 4.95. The molecule has 0 aliphatic carbocycles. The fourth-order valence-electron chi connectivity index (χ4n) is 2.46. The van der Waals surface area contributed by atoms with Crippen LogP contribution in [0.15, 0.2) is 0 Å². The van der Waals surface area contributed by atoms with Crippen LogP contribution in [0.4, 0.5) is 4.79 Å². The molecule has 8 nitrogen and oxygen atoms in total. The van der Waals surface area contributed by atoms with Crippen molar-refractivity contribution >= 4 is 17.9 Å². The zero-order chi connectivity index (χ0) is 14.2. The van der Waals surface area contributed by atoms with Gasteiger partial charge in [0.05, 0.1) is 6.10 Å². The summed E-state index contributed by atoms with van der Waals surface area (Å²) in [6, 6.07) is -2.26. The van der Waals surface area contributed by atoms with E-state index < -0.39 is 30.2 Å². The number of hydrogen-bond donors (Lipinski definition) is 3. The molecule has 3 N–H and O–H groups in total. The van der Waals surface area contributed by atoms with E-state index >= 15 is 0 Å². The van der Waals surface area contributed by atoms with E-state index in [9.17, 15) is 19.5 Å². The smallest absolute Gasteiger partial charge is 0.326 e. The van der Waals surface area contributed by atoms with Crippen molar-refractivity contribution in [2.45, 2.75) is 31.0 Å². The summed E-state index contributed by atoms with van der Waals surface area (Å²) < 4.78 is 0. The normalized spacial score (nSPS) is 30.8. The molecule has 0 aromatic rings. The Bertz CT molecular complexity index is 413. The van der Waals surface area contributed by atoms with Gasteiger partial charge in [-0.25, -0.2) is 9.59 Å². The van der Waals surface area contributed by atoms with E-state index in [0.717, 1.165) is 4.90 Å². The molecule has 0 aromatic carbocycles. The number of urea groups is 1. The van der Waals surface area contributed by atoms with E-state index in [0.29, 0.717) is 13.0 Å². The summed E-state index contributed by atoms with van der Waals surface area (Å²) in [6.07, 6.45) is -0.315. The molecule has 1 unspecified atom stereocenters. The second kappa shape index (κ2) is 5.04. The first-order valence-electron chi connectivity index (χ1n) is 6.13. The molecular weight excluding hydrogens is 254 g/mol. The summed E-state index contributed by atoms with van der Waals surface area (Å²) in [5.41, 5.74) is 0. The second-order valence-corrected chi connectivity index (χ2v) is 4.95. The number of carboxylic acids is 1. The SMILES string of the molecule is CN1CCC(NC(=O)N2C[C@H](O)C[C@H]2C(=O)O)C1=O. The fourth-order valence-corrected chi connectivity index (χ4v) is 2.46. The maximum absolute atomic E-state index is 12.0. The number of aliphatic hydroxyl groups is 1. The van der Waals surface area contributed by atoms with Crippen LogP contribution in [0.25, 0.3) is 0 Å². The van der Waals surface area contributed by atoms with E-state index in [4.69, 9.17) is 5.11 Å². The van der Waals surface area contributed by atoms with Gasteiger partial charge in [0.2, 0.25) is 5.91 Å². The summed E-state index contributed by atoms with van der Waals surface area (Å²) in [4.78, 5) is 37.2. The zero-order valence-corrected chi connectivity index (χ0v) is 10.6. The first-order valence-corrected chi connectivity index (χ1v) is 6.13. The molecule has 0 aromatic heterocycles. The van der Waals surface area contributed by atoms with Crippen molar-refractivity contribution in [3.8, 4) is 0 Å². The average molecular weight is 271 g/mol. The van der Waals surface area contributed by atoms with Crippen LogP contribution in [0.1, 0.15) is 12.8 Å². The number of nitrogens with zero attached hydrogens (tertiary/aromatic N) is 2. The highest BCUT2D eigenvalue weighted by Gasteiger charge is 2.40. The Morgan fingerprint density at radius 2 is 2.11 bits per heavy atom. The van der Waals surface area contributed by atoms with Crippen LogP contribution < -0.4 is 5.32 Å². The molecule has 8 heteroatoms. The monoisotopic (exact) mass is 271 g/mol. The number of amides is 3. The predicted octanol–water partition coefficient (Wildman–Crippen LogP) is -1.55. The summed E-state index contributed by atoms with van der Waals surface area (Å²) in [5, 5.41) is 21.0. The highest BCUT2D eigenvalue weighted by atomic mass is 16.4. The zero-order valence-electron chi connectivity index (χ0n) is 10.6. The molecule has 2 saturated heterocycles. The maximum atomic E-state index is 12.0. The minimum absolute atomic E-state index is 0.0151. The van der Waals surface area contributed by atoms with Crippen LogP contribution in [0.3, 0.4) is 0 Å². The molecule has 19 heavy (non-hydrogen) atoms. The molecule has 2 heterocycles. The Kier molecular flexibility index (Phi) is 3.61. The number of rotatable bonds is 2. The lowest BCUT2D eigenvalue weighted by atomic mass is 10.2. The Labute approximate surface area is 110 Å². The third kappa shape index (κ3) is 2.62. The van der Waals surface area contributed by atoms with Crippen LogP contribution >= 0.6 is 0 Å². The lowest BCUT2D eigenvalue weighted by Gasteiger charge is -2.23. The number of carbonyl (C=O) groups is 3. The molecule has 2 aliphatic heterocycles. The number of aliphatic carboxylic acids is 1. The number of likely N-dealkylation sites (tertiary alicyclic amines) is 2. The standard InChI is InChI=1S/C11H17N3O5/c1-13-3-2-7(9(13)16)12-11(19)14-5-6(15)4-8(14)10(17)18/h6-8,15H,2-5H2,1H3,(H,12,19)(H,17,18)/t6-,7?,8+/m1/s1. The molecule has 0 radical (unpaired) electrons. The molecule has 2 aliphatic rings. The van der Waals surface area contributed by atoms with Gasteiger partial charge in [0.25, 0.3) is 0 Å². The van der Waals surface area contributed by atoms with Crippen LogP contribution in [0, 0.1) is 0 Å². The Hall–Kier alpha value is -1.83. The fraction of sp³-hybridized carbons (Fsp3) is 0.727. The number of carbonyl (C=O) groups excluding carboxylic acids is 2. The maximum Gasteiger partial charge on any atom is 0.326 e. The van der Waals surface area contributed by atoms with Gasteiger partial charge in [-0.05, 0) is 6.42 Å². The molecular formula is C11H17N3O5. The van der Waals surface area contributed by atoms with Crippen LogP contribution in [-0.4, -0.2) is 76.2 Å². The average Bonchev–Trinajstić information content (AvgIpc) is 2.87. The highest BCUT2D eigenvalue weighted by Crippen LogP contribution is 2.19. The van der Waals surface area contributed by atoms with Gasteiger partial charge < -0.3 is 25.3 Å². The number of likely N-dealkylation sites (N-methyl/N-ethyl adjacent to an activating group) is 1. The number of carboxylic acid groups (broad SMARTS) is 1. The Morgan fingerprint density at radius 1 is 1.42 bits per heavy atom. The lowest BCUT2D eigenvalue weighted by Crippen LogP contribution is -2.51. The lowest BCUT2D eigenvalue weighted by molar-refractivity contribution is -0.141. The summed E-state index contributed by atoms with van der Waals surface area (Å²) in [6.45, 7) is 0.536. The third-order valence-corrected chi connectivity index (χ3v) is 3.55. The van der Waals surface area contributed by atoms with Crippen LogP contribution in [0.2, 0.25) is 0 Å². The third-order valence-electron chi connectivity index (χ3n) is 3.55. The minimum Gasteiger partial charge on any atom is -0.480 e. The van der Waals surface area contributed by atoms with Gasteiger partial charge >= 0.3 is 12.0 Å². The highest BCUT2D eigenvalue weighted by molar-refractivity contribution is 5.90. The topological polar surface area (TPSA) is 110 Å². The minimum atomic E-state index is -1.15. The molecule has 0 spiro atoms. The van der Waals surface area contributed by atoms with Crippen molar-refractivity contribution in [2.24, 2.45) is 0 Å². The summed E-state index contributed by atoms with van der Waals surface area (Å²) in [5.74, 6) is -1.33. The number of β-amino-alcohol motifs (C(OH)–C–C–N with tert-alkyl or cyclic N) is 1. The first-order chi connectivity index (χ1) is 8.90. The van der Waals surface area contributed by atoms with Crippen molar-refractivity contribution in [3.05, 3.63) is 0 Å². The van der Waals surface area contributed by atoms with Crippen molar-refractivity contribution in [1.82, 2.24) is 15.1 Å². The van der Waals surface area contributed by atoms with Crippen LogP contribution in [0.5, 0.6) is 0 Å². The van der Waals surface area contributed by atoms with E-state index in [-0.39, 0.29) is 18.9 Å². The summed E-state index contributed by atoms with van der Waals surface area (Å²) >= 11 is 0. The quantitative estimate of drug-likeness (QED) is 0.563. The van der Waals surface area contributed by atoms with Crippen molar-refractivity contribution in [3.63, 3.8) is 0 Å². The van der Waals surface area contributed by atoms with E-state index in [1.54, 1.807) is 7.05 Å². The van der Waals surface area contributed by atoms with Crippen molar-refractivity contribution in [1.29, 1.82) is 0 Å². The number of nitrogens with one attached hydrogen (secondary N) is 1. The van der Waals surface area contributed by atoms with Gasteiger partial charge in [0.1, 0.15) is 12.1 Å². The van der Waals surface area contributed by atoms with Gasteiger partial charge in [0.15, 0.2) is 0 Å². The van der Waals surface area contributed by atoms with Gasteiger partial charge in [-0.3, -0.25) is 4.79 Å². The van der Waals surface area contributed by atoms with Crippen molar-refractivity contribution in [2.75, 3.05) is 20.1 Å². The van der Waals surface area contributed by atoms with Gasteiger partial charge in [-0.2, -0.15) is 0 Å². The summed E-state index contributed by atoms with van der Waals surface area (Å²) in [7, 11) is 1.65. The molecule has 3 atom stereocenters. The molecule has 2 rings (SSSR count).